The van der Waals surface area contributed by atoms with Gasteiger partial charge in [-0.25, -0.2) is 4.79 Å². The van der Waals surface area contributed by atoms with Crippen LogP contribution < -0.4 is 16.4 Å². The van der Waals surface area contributed by atoms with Gasteiger partial charge in [-0.05, 0) is 24.9 Å². The van der Waals surface area contributed by atoms with E-state index in [1.165, 1.54) is 0 Å². The lowest BCUT2D eigenvalue weighted by molar-refractivity contribution is -0.122. The number of thioether (sulfide) groups is 1. The molecule has 0 spiro atoms. The molecule has 0 saturated heterocycles. The predicted molar refractivity (Wildman–Crippen MR) is 67.3 cm³/mol. The van der Waals surface area contributed by atoms with Crippen LogP contribution in [0.2, 0.25) is 0 Å². The Kier molecular flexibility index (Phi) is 8.42. The second-order valence-electron chi connectivity index (χ2n) is 3.21. The standard InChI is InChI=1S/C10H19N3O2S/c1-3-4-6-12-9(14)8(5-7-16-2)13-10(11)15/h3,8H,1,4-7H2,2H3,(H,12,14)(H3,11,13,15). The van der Waals surface area contributed by atoms with Gasteiger partial charge in [0.1, 0.15) is 6.04 Å². The fraction of sp³-hybridized carbons (Fsp3) is 0.600. The first kappa shape index (κ1) is 14.8. The van der Waals surface area contributed by atoms with Gasteiger partial charge < -0.3 is 16.4 Å². The average Bonchev–Trinajstić information content (AvgIpc) is 2.23. The van der Waals surface area contributed by atoms with Crippen molar-refractivity contribution in [2.45, 2.75) is 18.9 Å². The summed E-state index contributed by atoms with van der Waals surface area (Å²) in [7, 11) is 0. The molecule has 6 heteroatoms. The molecule has 3 amide bonds. The number of primary amides is 1. The van der Waals surface area contributed by atoms with Crippen LogP contribution in [0.15, 0.2) is 12.7 Å². The number of rotatable bonds is 8. The SMILES string of the molecule is C=CCCNC(=O)C(CCSC)NC(N)=O. The molecule has 5 nitrogen and oxygen atoms in total. The van der Waals surface area contributed by atoms with E-state index >= 15 is 0 Å². The van der Waals surface area contributed by atoms with Crippen molar-refractivity contribution in [2.75, 3.05) is 18.6 Å². The first-order chi connectivity index (χ1) is 7.61. The molecule has 0 fully saturated rings. The van der Waals surface area contributed by atoms with Crippen molar-refractivity contribution in [1.82, 2.24) is 10.6 Å². The summed E-state index contributed by atoms with van der Waals surface area (Å²) in [5.74, 6) is 0.592. The Bertz CT molecular complexity index is 246. The molecule has 0 bridgehead atoms. The van der Waals surface area contributed by atoms with Crippen LogP contribution in [0.5, 0.6) is 0 Å². The minimum atomic E-state index is -0.676. The highest BCUT2D eigenvalue weighted by Gasteiger charge is 2.18. The number of carbonyl (C=O) groups is 2. The number of carbonyl (C=O) groups excluding carboxylic acids is 2. The van der Waals surface area contributed by atoms with Crippen LogP contribution in [-0.4, -0.2) is 36.5 Å². The fourth-order valence-electron chi connectivity index (χ4n) is 1.10. The highest BCUT2D eigenvalue weighted by atomic mass is 32.2. The van der Waals surface area contributed by atoms with E-state index in [1.807, 2.05) is 6.26 Å². The van der Waals surface area contributed by atoms with Gasteiger partial charge in [-0.3, -0.25) is 4.79 Å². The van der Waals surface area contributed by atoms with E-state index in [1.54, 1.807) is 17.8 Å². The van der Waals surface area contributed by atoms with E-state index in [0.717, 1.165) is 5.75 Å². The minimum Gasteiger partial charge on any atom is -0.354 e. The van der Waals surface area contributed by atoms with Crippen LogP contribution in [-0.2, 0) is 4.79 Å². The molecule has 0 heterocycles. The Morgan fingerprint density at radius 3 is 2.75 bits per heavy atom. The lowest BCUT2D eigenvalue weighted by Crippen LogP contribution is -2.49. The zero-order chi connectivity index (χ0) is 12.4. The fourth-order valence-corrected chi connectivity index (χ4v) is 1.57. The molecular weight excluding hydrogens is 226 g/mol. The van der Waals surface area contributed by atoms with E-state index in [0.29, 0.717) is 19.4 Å². The molecule has 0 radical (unpaired) electrons. The third-order valence-corrected chi connectivity index (χ3v) is 2.54. The third-order valence-electron chi connectivity index (χ3n) is 1.89. The second kappa shape index (κ2) is 9.08. The summed E-state index contributed by atoms with van der Waals surface area (Å²) in [4.78, 5) is 22.3. The molecule has 4 N–H and O–H groups in total. The molecule has 92 valence electrons. The molecule has 0 aromatic rings. The maximum atomic E-state index is 11.6. The van der Waals surface area contributed by atoms with Crippen molar-refractivity contribution in [2.24, 2.45) is 5.73 Å². The Hall–Kier alpha value is -1.17. The molecule has 0 aliphatic heterocycles. The monoisotopic (exact) mass is 245 g/mol. The largest absolute Gasteiger partial charge is 0.354 e. The quantitative estimate of drug-likeness (QED) is 0.429. The van der Waals surface area contributed by atoms with Crippen LogP contribution in [0, 0.1) is 0 Å². The van der Waals surface area contributed by atoms with Crippen molar-refractivity contribution >= 4 is 23.7 Å². The van der Waals surface area contributed by atoms with Gasteiger partial charge in [0.15, 0.2) is 0 Å². The Labute approximate surface area is 100 Å². The molecule has 1 unspecified atom stereocenters. The zero-order valence-electron chi connectivity index (χ0n) is 9.49. The van der Waals surface area contributed by atoms with E-state index in [-0.39, 0.29) is 5.91 Å². The predicted octanol–water partition coefficient (Wildman–Crippen LogP) is 0.469. The smallest absolute Gasteiger partial charge is 0.312 e. The first-order valence-corrected chi connectivity index (χ1v) is 6.44. The average molecular weight is 245 g/mol. The Morgan fingerprint density at radius 2 is 2.25 bits per heavy atom. The highest BCUT2D eigenvalue weighted by Crippen LogP contribution is 2.00. The third kappa shape index (κ3) is 7.17. The summed E-state index contributed by atoms with van der Waals surface area (Å²) in [5.41, 5.74) is 5.00. The van der Waals surface area contributed by atoms with Gasteiger partial charge in [-0.2, -0.15) is 11.8 Å². The van der Waals surface area contributed by atoms with Gasteiger partial charge in [0.2, 0.25) is 5.91 Å². The highest BCUT2D eigenvalue weighted by molar-refractivity contribution is 7.98. The molecule has 0 aromatic carbocycles. The van der Waals surface area contributed by atoms with E-state index in [4.69, 9.17) is 5.73 Å². The van der Waals surface area contributed by atoms with Gasteiger partial charge in [0.05, 0.1) is 0 Å². The van der Waals surface area contributed by atoms with Crippen molar-refractivity contribution < 1.29 is 9.59 Å². The van der Waals surface area contributed by atoms with Crippen LogP contribution >= 0.6 is 11.8 Å². The maximum Gasteiger partial charge on any atom is 0.312 e. The van der Waals surface area contributed by atoms with E-state index in [2.05, 4.69) is 17.2 Å². The van der Waals surface area contributed by atoms with Gasteiger partial charge in [-0.1, -0.05) is 6.08 Å². The normalized spacial score (nSPS) is 11.6. The number of hydrogen-bond acceptors (Lipinski definition) is 3. The number of amides is 3. The molecule has 0 saturated carbocycles. The Balaban J connectivity index is 4.08. The lowest BCUT2D eigenvalue weighted by atomic mass is 10.2. The topological polar surface area (TPSA) is 84.2 Å². The molecule has 16 heavy (non-hydrogen) atoms. The van der Waals surface area contributed by atoms with Gasteiger partial charge in [0.25, 0.3) is 0 Å². The number of hydrogen-bond donors (Lipinski definition) is 3. The van der Waals surface area contributed by atoms with Crippen molar-refractivity contribution in [1.29, 1.82) is 0 Å². The summed E-state index contributed by atoms with van der Waals surface area (Å²) in [6.07, 6.45) is 4.94. The second-order valence-corrected chi connectivity index (χ2v) is 4.20. The lowest BCUT2D eigenvalue weighted by Gasteiger charge is -2.16. The van der Waals surface area contributed by atoms with Gasteiger partial charge in [-0.15, -0.1) is 6.58 Å². The summed E-state index contributed by atoms with van der Waals surface area (Å²) in [5, 5.41) is 5.14. The van der Waals surface area contributed by atoms with Crippen molar-refractivity contribution in [3.63, 3.8) is 0 Å². The zero-order valence-corrected chi connectivity index (χ0v) is 10.3. The van der Waals surface area contributed by atoms with Crippen molar-refractivity contribution in [3.05, 3.63) is 12.7 Å². The molecule has 0 rings (SSSR count). The van der Waals surface area contributed by atoms with Crippen LogP contribution in [0.1, 0.15) is 12.8 Å². The summed E-state index contributed by atoms with van der Waals surface area (Å²) >= 11 is 1.61. The summed E-state index contributed by atoms with van der Waals surface area (Å²) in [6, 6.07) is -1.22. The van der Waals surface area contributed by atoms with Crippen molar-refractivity contribution in [3.8, 4) is 0 Å². The summed E-state index contributed by atoms with van der Waals surface area (Å²) in [6.45, 7) is 4.08. The van der Waals surface area contributed by atoms with Crippen LogP contribution in [0.25, 0.3) is 0 Å². The molecule has 0 aliphatic carbocycles. The van der Waals surface area contributed by atoms with Gasteiger partial charge >= 0.3 is 6.03 Å². The number of urea groups is 1. The number of nitrogens with two attached hydrogens (primary N) is 1. The van der Waals surface area contributed by atoms with E-state index in [9.17, 15) is 9.59 Å². The number of nitrogens with one attached hydrogen (secondary N) is 2. The van der Waals surface area contributed by atoms with Crippen LogP contribution in [0.4, 0.5) is 4.79 Å². The van der Waals surface area contributed by atoms with Gasteiger partial charge in [0, 0.05) is 6.54 Å². The van der Waals surface area contributed by atoms with Crippen LogP contribution in [0.3, 0.4) is 0 Å². The van der Waals surface area contributed by atoms with E-state index < -0.39 is 12.1 Å². The molecule has 0 aliphatic rings. The molecule has 0 aromatic heterocycles. The Morgan fingerprint density at radius 1 is 1.56 bits per heavy atom. The summed E-state index contributed by atoms with van der Waals surface area (Å²) < 4.78 is 0. The molecule has 1 atom stereocenters. The first-order valence-electron chi connectivity index (χ1n) is 5.05. The minimum absolute atomic E-state index is 0.199. The molecular formula is C10H19N3O2S. The maximum absolute atomic E-state index is 11.6.